The van der Waals surface area contributed by atoms with Crippen molar-refractivity contribution in [1.29, 1.82) is 0 Å². The Kier molecular flexibility index (Phi) is 3.35. The van der Waals surface area contributed by atoms with Crippen LogP contribution in [0, 0.1) is 0 Å². The van der Waals surface area contributed by atoms with Gasteiger partial charge in [0.05, 0.1) is 11.4 Å². The van der Waals surface area contributed by atoms with Gasteiger partial charge in [-0.2, -0.15) is 0 Å². The number of nitrogens with zero attached hydrogens (tertiary/aromatic N) is 1. The Morgan fingerprint density at radius 2 is 1.65 bits per heavy atom. The van der Waals surface area contributed by atoms with Crippen molar-refractivity contribution < 1.29 is 0 Å². The number of halogens is 1. The smallest absolute Gasteiger partial charge is 0.0674 e. The van der Waals surface area contributed by atoms with Gasteiger partial charge in [-0.05, 0) is 35.4 Å². The lowest BCUT2D eigenvalue weighted by molar-refractivity contribution is 0.740. The predicted octanol–water partition coefficient (Wildman–Crippen LogP) is 5.53. The molecule has 1 aliphatic rings. The maximum atomic E-state index is 4.76. The number of hydrogen-bond acceptors (Lipinski definition) is 1. The zero-order valence-corrected chi connectivity index (χ0v) is 13.2. The summed E-state index contributed by atoms with van der Waals surface area (Å²) >= 11 is 3.45. The first kappa shape index (κ1) is 13.3. The van der Waals surface area contributed by atoms with Crippen molar-refractivity contribution in [2.24, 2.45) is 4.99 Å². The van der Waals surface area contributed by atoms with Crippen molar-refractivity contribution in [2.45, 2.75) is 19.3 Å². The minimum Gasteiger partial charge on any atom is -0.252 e. The van der Waals surface area contributed by atoms with E-state index in [1.165, 1.54) is 11.1 Å². The third-order valence-electron chi connectivity index (χ3n) is 3.76. The minimum absolute atomic E-state index is 0.0253. The van der Waals surface area contributed by atoms with E-state index in [1.807, 2.05) is 6.07 Å². The van der Waals surface area contributed by atoms with Gasteiger partial charge < -0.3 is 0 Å². The highest BCUT2D eigenvalue weighted by Crippen LogP contribution is 2.40. The molecule has 2 aromatic carbocycles. The van der Waals surface area contributed by atoms with Crippen LogP contribution in [0.15, 0.2) is 64.1 Å². The van der Waals surface area contributed by atoms with Crippen molar-refractivity contribution in [2.75, 3.05) is 0 Å². The largest absolute Gasteiger partial charge is 0.252 e. The molecule has 0 aliphatic carbocycles. The quantitative estimate of drug-likeness (QED) is 0.688. The van der Waals surface area contributed by atoms with Gasteiger partial charge in [-0.25, -0.2) is 0 Å². The van der Waals surface area contributed by atoms with E-state index in [0.29, 0.717) is 0 Å². The van der Waals surface area contributed by atoms with Crippen LogP contribution in [0.4, 0.5) is 5.69 Å². The zero-order chi connectivity index (χ0) is 14.2. The minimum atomic E-state index is -0.0253. The fourth-order valence-electron chi connectivity index (χ4n) is 2.50. The van der Waals surface area contributed by atoms with Gasteiger partial charge in [0.2, 0.25) is 0 Å². The fraction of sp³-hybridized carbons (Fsp3) is 0.167. The van der Waals surface area contributed by atoms with E-state index in [-0.39, 0.29) is 5.41 Å². The molecule has 0 unspecified atom stereocenters. The second-order valence-corrected chi connectivity index (χ2v) is 6.44. The van der Waals surface area contributed by atoms with Crippen LogP contribution in [0.25, 0.3) is 6.08 Å². The summed E-state index contributed by atoms with van der Waals surface area (Å²) in [4.78, 5) is 4.76. The van der Waals surface area contributed by atoms with E-state index in [9.17, 15) is 0 Å². The van der Waals surface area contributed by atoms with Gasteiger partial charge >= 0.3 is 0 Å². The first-order chi connectivity index (χ1) is 9.57. The van der Waals surface area contributed by atoms with E-state index in [1.54, 1.807) is 0 Å². The first-order valence-electron chi connectivity index (χ1n) is 6.70. The summed E-state index contributed by atoms with van der Waals surface area (Å²) in [7, 11) is 0. The van der Waals surface area contributed by atoms with Crippen LogP contribution in [0.3, 0.4) is 0 Å². The Labute approximate surface area is 128 Å². The third-order valence-corrected chi connectivity index (χ3v) is 4.29. The molecule has 0 fully saturated rings. The van der Waals surface area contributed by atoms with E-state index >= 15 is 0 Å². The summed E-state index contributed by atoms with van der Waals surface area (Å²) in [5.74, 6) is 0. The van der Waals surface area contributed by atoms with Crippen molar-refractivity contribution in [3.63, 3.8) is 0 Å². The van der Waals surface area contributed by atoms with Crippen molar-refractivity contribution >= 4 is 33.4 Å². The van der Waals surface area contributed by atoms with Crippen molar-refractivity contribution in [3.05, 3.63) is 70.2 Å². The molecule has 1 nitrogen and oxygen atoms in total. The monoisotopic (exact) mass is 325 g/mol. The van der Waals surface area contributed by atoms with E-state index in [0.717, 1.165) is 15.9 Å². The average Bonchev–Trinajstić information content (AvgIpc) is 2.70. The van der Waals surface area contributed by atoms with Crippen LogP contribution in [0.5, 0.6) is 0 Å². The molecule has 0 bridgehead atoms. The van der Waals surface area contributed by atoms with Gasteiger partial charge in [-0.1, -0.05) is 66.2 Å². The van der Waals surface area contributed by atoms with Crippen molar-refractivity contribution in [1.82, 2.24) is 0 Å². The molecule has 0 N–H and O–H groups in total. The molecule has 1 aliphatic heterocycles. The highest BCUT2D eigenvalue weighted by atomic mass is 79.9. The summed E-state index contributed by atoms with van der Waals surface area (Å²) in [5.41, 5.74) is 4.66. The summed E-state index contributed by atoms with van der Waals surface area (Å²) in [6.07, 6.45) is 4.25. The molecule has 100 valence electrons. The van der Waals surface area contributed by atoms with Crippen LogP contribution in [-0.4, -0.2) is 5.71 Å². The van der Waals surface area contributed by atoms with Crippen LogP contribution >= 0.6 is 15.9 Å². The Hall–Kier alpha value is -1.67. The molecular weight excluding hydrogens is 310 g/mol. The average molecular weight is 326 g/mol. The Balaban J connectivity index is 1.91. The van der Waals surface area contributed by atoms with Crippen LogP contribution in [0.2, 0.25) is 0 Å². The number of allylic oxidation sites excluding steroid dienone is 1. The van der Waals surface area contributed by atoms with Gasteiger partial charge in [0, 0.05) is 9.89 Å². The second kappa shape index (κ2) is 5.02. The summed E-state index contributed by atoms with van der Waals surface area (Å²) in [6.45, 7) is 4.45. The molecule has 0 aromatic heterocycles. The lowest BCUT2D eigenvalue weighted by atomic mass is 9.81. The third kappa shape index (κ3) is 2.36. The van der Waals surface area contributed by atoms with Gasteiger partial charge in [0.25, 0.3) is 0 Å². The number of aliphatic imine (C=N–C) groups is 1. The highest BCUT2D eigenvalue weighted by Gasteiger charge is 2.32. The van der Waals surface area contributed by atoms with Crippen LogP contribution < -0.4 is 0 Å². The van der Waals surface area contributed by atoms with E-state index in [2.05, 4.69) is 84.4 Å². The maximum Gasteiger partial charge on any atom is 0.0674 e. The van der Waals surface area contributed by atoms with Crippen LogP contribution in [0.1, 0.15) is 25.0 Å². The fourth-order valence-corrected chi connectivity index (χ4v) is 2.77. The Morgan fingerprint density at radius 1 is 0.950 bits per heavy atom. The van der Waals surface area contributed by atoms with Gasteiger partial charge in [-0.3, -0.25) is 4.99 Å². The van der Waals surface area contributed by atoms with Gasteiger partial charge in [0.1, 0.15) is 0 Å². The Bertz CT molecular complexity index is 694. The van der Waals surface area contributed by atoms with E-state index < -0.39 is 0 Å². The normalized spacial score (nSPS) is 16.2. The van der Waals surface area contributed by atoms with Crippen molar-refractivity contribution in [3.8, 4) is 0 Å². The molecule has 0 atom stereocenters. The van der Waals surface area contributed by atoms with Crippen LogP contribution in [-0.2, 0) is 5.41 Å². The van der Waals surface area contributed by atoms with E-state index in [4.69, 9.17) is 4.99 Å². The topological polar surface area (TPSA) is 12.4 Å². The molecule has 0 amide bonds. The molecule has 2 aromatic rings. The molecule has 2 heteroatoms. The SMILES string of the molecule is CC1(C)C(C=Cc2ccc(Br)cc2)=Nc2ccccc21. The number of fused-ring (bicyclic) bond motifs is 1. The molecule has 20 heavy (non-hydrogen) atoms. The molecule has 0 radical (unpaired) electrons. The standard InChI is InChI=1S/C18H16BrN/c1-18(2)15-5-3-4-6-16(15)20-17(18)12-9-13-7-10-14(19)11-8-13/h3-12H,1-2H3. The van der Waals surface area contributed by atoms with Gasteiger partial charge in [-0.15, -0.1) is 0 Å². The van der Waals surface area contributed by atoms with Gasteiger partial charge in [0.15, 0.2) is 0 Å². The number of benzene rings is 2. The predicted molar refractivity (Wildman–Crippen MR) is 89.7 cm³/mol. The lowest BCUT2D eigenvalue weighted by Crippen LogP contribution is -2.23. The first-order valence-corrected chi connectivity index (χ1v) is 7.49. The Morgan fingerprint density at radius 3 is 2.35 bits per heavy atom. The maximum absolute atomic E-state index is 4.76. The molecule has 0 spiro atoms. The summed E-state index contributed by atoms with van der Waals surface area (Å²) < 4.78 is 1.10. The molecule has 0 saturated carbocycles. The number of hydrogen-bond donors (Lipinski definition) is 0. The zero-order valence-electron chi connectivity index (χ0n) is 11.6. The highest BCUT2D eigenvalue weighted by molar-refractivity contribution is 9.10. The molecule has 0 saturated heterocycles. The summed E-state index contributed by atoms with van der Waals surface area (Å²) in [5, 5.41) is 0. The number of rotatable bonds is 2. The molecular formula is C18H16BrN. The number of para-hydroxylation sites is 1. The molecule has 1 heterocycles. The lowest BCUT2D eigenvalue weighted by Gasteiger charge is -2.20. The summed E-state index contributed by atoms with van der Waals surface area (Å²) in [6, 6.07) is 16.7. The second-order valence-electron chi connectivity index (χ2n) is 5.52. The molecule has 3 rings (SSSR count).